The molecule has 25 heavy (non-hydrogen) atoms. The molecular weight excluding hydrogens is 310 g/mol. The number of rotatable bonds is 5. The summed E-state index contributed by atoms with van der Waals surface area (Å²) in [7, 11) is 0. The Labute approximate surface area is 152 Å². The third-order valence-corrected chi connectivity index (χ3v) is 5.85. The molecule has 0 aliphatic carbocycles. The highest BCUT2D eigenvalue weighted by molar-refractivity contribution is 5.78. The van der Waals surface area contributed by atoms with Crippen molar-refractivity contribution in [3.8, 4) is 0 Å². The average molecular weight is 344 g/mol. The molecule has 2 aliphatic heterocycles. The van der Waals surface area contributed by atoms with Gasteiger partial charge in [-0.05, 0) is 37.7 Å². The third-order valence-electron chi connectivity index (χ3n) is 5.85. The van der Waals surface area contributed by atoms with Gasteiger partial charge in [0, 0.05) is 45.3 Å². The number of piperidine rings is 1. The molecule has 2 atom stereocenters. The maximum atomic E-state index is 12.6. The van der Waals surface area contributed by atoms with Crippen LogP contribution in [-0.2, 0) is 4.79 Å². The van der Waals surface area contributed by atoms with Gasteiger partial charge in [0.15, 0.2) is 0 Å². The van der Waals surface area contributed by atoms with E-state index in [1.165, 1.54) is 18.4 Å². The van der Waals surface area contributed by atoms with Crippen molar-refractivity contribution in [1.82, 2.24) is 14.7 Å². The molecule has 2 saturated heterocycles. The van der Waals surface area contributed by atoms with Crippen molar-refractivity contribution in [3.63, 3.8) is 0 Å². The zero-order chi connectivity index (χ0) is 17.6. The van der Waals surface area contributed by atoms with Crippen molar-refractivity contribution < 1.29 is 4.79 Å². The first-order valence-electron chi connectivity index (χ1n) is 9.92. The van der Waals surface area contributed by atoms with Crippen LogP contribution in [0.3, 0.4) is 0 Å². The summed E-state index contributed by atoms with van der Waals surface area (Å²) < 4.78 is 0. The summed E-state index contributed by atoms with van der Waals surface area (Å²) in [4.78, 5) is 19.6. The van der Waals surface area contributed by atoms with Crippen LogP contribution >= 0.6 is 0 Å². The first-order valence-corrected chi connectivity index (χ1v) is 9.92. The van der Waals surface area contributed by atoms with Gasteiger partial charge in [-0.15, -0.1) is 0 Å². The van der Waals surface area contributed by atoms with Crippen molar-refractivity contribution in [2.45, 2.75) is 45.1 Å². The van der Waals surface area contributed by atoms with Crippen LogP contribution in [-0.4, -0.2) is 72.5 Å². The third kappa shape index (κ3) is 5.05. The number of amides is 1. The highest BCUT2D eigenvalue weighted by Gasteiger charge is 2.26. The van der Waals surface area contributed by atoms with Gasteiger partial charge in [0.2, 0.25) is 5.91 Å². The predicted octanol–water partition coefficient (Wildman–Crippen LogP) is 2.81. The topological polar surface area (TPSA) is 26.8 Å². The molecule has 4 heteroatoms. The van der Waals surface area contributed by atoms with Crippen LogP contribution in [0.5, 0.6) is 0 Å². The van der Waals surface area contributed by atoms with Gasteiger partial charge < -0.3 is 9.80 Å². The fraction of sp³-hybridized carbons (Fsp3) is 0.667. The van der Waals surface area contributed by atoms with Gasteiger partial charge in [-0.3, -0.25) is 9.69 Å². The molecule has 0 radical (unpaired) electrons. The fourth-order valence-electron chi connectivity index (χ4n) is 4.16. The summed E-state index contributed by atoms with van der Waals surface area (Å²) in [6.07, 6.45) is 3.60. The standard InChI is InChI=1S/C21H33N3O/c1-18(20-9-4-3-5-10-20)16-22-12-14-23(15-13-22)17-21(25)24-11-7-6-8-19(24)2/h3-5,9-10,18-19H,6-8,11-17H2,1-2H3. The minimum atomic E-state index is 0.332. The number of nitrogens with zero attached hydrogens (tertiary/aromatic N) is 3. The summed E-state index contributed by atoms with van der Waals surface area (Å²) in [5.74, 6) is 0.891. The molecule has 0 spiro atoms. The van der Waals surface area contributed by atoms with Crippen molar-refractivity contribution in [2.24, 2.45) is 0 Å². The van der Waals surface area contributed by atoms with E-state index in [2.05, 4.69) is 58.9 Å². The van der Waals surface area contributed by atoms with E-state index in [0.717, 1.165) is 45.7 Å². The van der Waals surface area contributed by atoms with E-state index in [1.807, 2.05) is 0 Å². The van der Waals surface area contributed by atoms with Gasteiger partial charge in [0.25, 0.3) is 0 Å². The Bertz CT molecular complexity index is 539. The van der Waals surface area contributed by atoms with Crippen LogP contribution in [0.15, 0.2) is 30.3 Å². The number of piperazine rings is 1. The second kappa shape index (κ2) is 8.81. The lowest BCUT2D eigenvalue weighted by Gasteiger charge is -2.38. The molecule has 0 bridgehead atoms. The van der Waals surface area contributed by atoms with Gasteiger partial charge in [-0.1, -0.05) is 37.3 Å². The molecule has 138 valence electrons. The first kappa shape index (κ1) is 18.4. The van der Waals surface area contributed by atoms with Crippen molar-refractivity contribution in [2.75, 3.05) is 45.8 Å². The maximum absolute atomic E-state index is 12.6. The molecule has 1 aromatic rings. The molecule has 2 aliphatic rings. The Balaban J connectivity index is 1.42. The number of likely N-dealkylation sites (tertiary alicyclic amines) is 1. The summed E-state index contributed by atoms with van der Waals surface area (Å²) in [5.41, 5.74) is 1.42. The Morgan fingerprint density at radius 1 is 1.04 bits per heavy atom. The van der Waals surface area contributed by atoms with Gasteiger partial charge in [0.1, 0.15) is 0 Å². The lowest BCUT2D eigenvalue weighted by molar-refractivity contribution is -0.136. The van der Waals surface area contributed by atoms with Gasteiger partial charge >= 0.3 is 0 Å². The molecular formula is C21H33N3O. The van der Waals surface area contributed by atoms with Crippen LogP contribution < -0.4 is 0 Å². The normalized spacial score (nSPS) is 24.2. The number of carbonyl (C=O) groups is 1. The number of carbonyl (C=O) groups excluding carboxylic acids is 1. The van der Waals surface area contributed by atoms with E-state index in [9.17, 15) is 4.79 Å². The molecule has 2 heterocycles. The molecule has 2 fully saturated rings. The van der Waals surface area contributed by atoms with Crippen molar-refractivity contribution in [1.29, 1.82) is 0 Å². The average Bonchev–Trinajstić information content (AvgIpc) is 2.64. The molecule has 4 nitrogen and oxygen atoms in total. The number of benzene rings is 1. The smallest absolute Gasteiger partial charge is 0.236 e. The van der Waals surface area contributed by atoms with Crippen molar-refractivity contribution in [3.05, 3.63) is 35.9 Å². The van der Waals surface area contributed by atoms with E-state index < -0.39 is 0 Å². The summed E-state index contributed by atoms with van der Waals surface area (Å²) in [5, 5.41) is 0. The van der Waals surface area contributed by atoms with Gasteiger partial charge in [-0.25, -0.2) is 0 Å². The molecule has 1 aromatic carbocycles. The Morgan fingerprint density at radius 3 is 2.40 bits per heavy atom. The van der Waals surface area contributed by atoms with E-state index in [4.69, 9.17) is 0 Å². The molecule has 1 amide bonds. The summed E-state index contributed by atoms with van der Waals surface area (Å²) >= 11 is 0. The molecule has 0 aromatic heterocycles. The predicted molar refractivity (Wildman–Crippen MR) is 103 cm³/mol. The lowest BCUT2D eigenvalue weighted by Crippen LogP contribution is -2.52. The van der Waals surface area contributed by atoms with Crippen LogP contribution in [0.1, 0.15) is 44.6 Å². The second-order valence-corrected chi connectivity index (χ2v) is 7.82. The Morgan fingerprint density at radius 2 is 1.72 bits per heavy atom. The monoisotopic (exact) mass is 343 g/mol. The minimum Gasteiger partial charge on any atom is -0.339 e. The molecule has 2 unspecified atom stereocenters. The molecule has 0 N–H and O–H groups in total. The summed E-state index contributed by atoms with van der Waals surface area (Å²) in [6.45, 7) is 11.3. The highest BCUT2D eigenvalue weighted by atomic mass is 16.2. The Hall–Kier alpha value is -1.39. The first-order chi connectivity index (χ1) is 12.1. The molecule has 0 saturated carbocycles. The van der Waals surface area contributed by atoms with E-state index in [1.54, 1.807) is 0 Å². The van der Waals surface area contributed by atoms with Crippen LogP contribution in [0.2, 0.25) is 0 Å². The Kier molecular flexibility index (Phi) is 6.49. The van der Waals surface area contributed by atoms with Crippen LogP contribution in [0.25, 0.3) is 0 Å². The van der Waals surface area contributed by atoms with Crippen molar-refractivity contribution >= 4 is 5.91 Å². The zero-order valence-electron chi connectivity index (χ0n) is 15.9. The maximum Gasteiger partial charge on any atom is 0.236 e. The van der Waals surface area contributed by atoms with Gasteiger partial charge in [-0.2, -0.15) is 0 Å². The highest BCUT2D eigenvalue weighted by Crippen LogP contribution is 2.18. The quantitative estimate of drug-likeness (QED) is 0.822. The zero-order valence-corrected chi connectivity index (χ0v) is 15.9. The minimum absolute atomic E-state index is 0.332. The van der Waals surface area contributed by atoms with E-state index >= 15 is 0 Å². The molecule has 3 rings (SSSR count). The van der Waals surface area contributed by atoms with Crippen LogP contribution in [0.4, 0.5) is 0 Å². The lowest BCUT2D eigenvalue weighted by atomic mass is 10.0. The largest absolute Gasteiger partial charge is 0.339 e. The van der Waals surface area contributed by atoms with Crippen LogP contribution in [0, 0.1) is 0 Å². The number of hydrogen-bond donors (Lipinski definition) is 0. The fourth-order valence-corrected chi connectivity index (χ4v) is 4.16. The summed E-state index contributed by atoms with van der Waals surface area (Å²) in [6, 6.07) is 11.2. The number of hydrogen-bond acceptors (Lipinski definition) is 3. The second-order valence-electron chi connectivity index (χ2n) is 7.82. The van der Waals surface area contributed by atoms with Gasteiger partial charge in [0.05, 0.1) is 6.54 Å². The SMILES string of the molecule is CC(CN1CCN(CC(=O)N2CCCCC2C)CC1)c1ccccc1. The van der Waals surface area contributed by atoms with E-state index in [-0.39, 0.29) is 0 Å². The van der Waals surface area contributed by atoms with E-state index in [0.29, 0.717) is 24.4 Å².